The molecule has 2 N–H and O–H groups in total. The minimum absolute atomic E-state index is 0.0198. The van der Waals surface area contributed by atoms with Crippen molar-refractivity contribution in [1.82, 2.24) is 9.97 Å². The lowest BCUT2D eigenvalue weighted by molar-refractivity contribution is -0.274. The van der Waals surface area contributed by atoms with E-state index in [1.165, 1.54) is 0 Å². The lowest BCUT2D eigenvalue weighted by Gasteiger charge is -2.15. The molecule has 0 bridgehead atoms. The Morgan fingerprint density at radius 1 is 1.27 bits per heavy atom. The van der Waals surface area contributed by atoms with Crippen molar-refractivity contribution in [3.8, 4) is 5.75 Å². The Kier molecular flexibility index (Phi) is 4.45. The fourth-order valence-corrected chi connectivity index (χ4v) is 1.73. The molecule has 0 aliphatic heterocycles. The number of alkyl halides is 3. The summed E-state index contributed by atoms with van der Waals surface area (Å²) in [5.41, 5.74) is -0.136. The number of anilines is 2. The molecule has 0 atom stereocenters. The molecular formula is C12H7ClF4N4O. The van der Waals surface area contributed by atoms with Crippen molar-refractivity contribution in [3.63, 3.8) is 0 Å². The van der Waals surface area contributed by atoms with Gasteiger partial charge >= 0.3 is 6.36 Å². The third-order valence-corrected chi connectivity index (χ3v) is 2.70. The topological polar surface area (TPSA) is 70.9 Å². The van der Waals surface area contributed by atoms with E-state index in [1.54, 1.807) is 0 Å². The van der Waals surface area contributed by atoms with Gasteiger partial charge in [-0.2, -0.15) is 0 Å². The Morgan fingerprint density at radius 2 is 2.00 bits per heavy atom. The van der Waals surface area contributed by atoms with Gasteiger partial charge in [0.25, 0.3) is 0 Å². The summed E-state index contributed by atoms with van der Waals surface area (Å²) in [5.74, 6) is -1.70. The van der Waals surface area contributed by atoms with E-state index in [0.717, 1.165) is 24.7 Å². The number of hydrogen-bond acceptors (Lipinski definition) is 5. The zero-order valence-corrected chi connectivity index (χ0v) is 11.3. The predicted molar refractivity (Wildman–Crippen MR) is 71.3 cm³/mol. The van der Waals surface area contributed by atoms with Gasteiger partial charge in [-0.25, -0.2) is 14.4 Å². The number of halogens is 5. The molecule has 0 fully saturated rings. The van der Waals surface area contributed by atoms with Crippen LogP contribution in [0.15, 0.2) is 24.5 Å². The Labute approximate surface area is 126 Å². The van der Waals surface area contributed by atoms with Crippen molar-refractivity contribution in [3.05, 3.63) is 41.1 Å². The first-order chi connectivity index (χ1) is 10.3. The van der Waals surface area contributed by atoms with Crippen molar-refractivity contribution in [2.45, 2.75) is 6.36 Å². The van der Waals surface area contributed by atoms with Crippen LogP contribution in [0.4, 0.5) is 29.1 Å². The second-order valence-corrected chi connectivity index (χ2v) is 4.24. The van der Waals surface area contributed by atoms with Crippen LogP contribution in [0.5, 0.6) is 5.75 Å². The minimum Gasteiger partial charge on any atom is -0.403 e. The van der Waals surface area contributed by atoms with Crippen LogP contribution >= 0.6 is 11.6 Å². The van der Waals surface area contributed by atoms with Crippen molar-refractivity contribution < 1.29 is 22.3 Å². The summed E-state index contributed by atoms with van der Waals surface area (Å²) in [6.07, 6.45) is -3.10. The highest BCUT2D eigenvalue weighted by Gasteiger charge is 2.32. The molecule has 22 heavy (non-hydrogen) atoms. The molecule has 0 aliphatic rings. The lowest BCUT2D eigenvalue weighted by atomic mass is 10.2. The molecule has 0 aliphatic carbocycles. The molecule has 2 rings (SSSR count). The molecule has 1 aromatic carbocycles. The zero-order valence-electron chi connectivity index (χ0n) is 10.6. The molecule has 5 nitrogen and oxygen atoms in total. The molecule has 1 aromatic heterocycles. The summed E-state index contributed by atoms with van der Waals surface area (Å²) in [7, 11) is 0. The van der Waals surface area contributed by atoms with E-state index in [1.807, 2.05) is 0 Å². The highest BCUT2D eigenvalue weighted by Crippen LogP contribution is 2.33. The summed E-state index contributed by atoms with van der Waals surface area (Å²) in [6, 6.07) is 2.56. The molecular weight excluding hydrogens is 328 g/mol. The van der Waals surface area contributed by atoms with Crippen molar-refractivity contribution in [2.75, 3.05) is 5.32 Å². The van der Waals surface area contributed by atoms with E-state index in [9.17, 15) is 17.6 Å². The van der Waals surface area contributed by atoms with Crippen LogP contribution in [0.3, 0.4) is 0 Å². The zero-order chi connectivity index (χ0) is 16.3. The summed E-state index contributed by atoms with van der Waals surface area (Å²) >= 11 is 5.75. The van der Waals surface area contributed by atoms with E-state index < -0.39 is 17.9 Å². The molecule has 10 heteroatoms. The smallest absolute Gasteiger partial charge is 0.403 e. The maximum atomic E-state index is 13.1. The van der Waals surface area contributed by atoms with Crippen LogP contribution < -0.4 is 10.1 Å². The van der Waals surface area contributed by atoms with Gasteiger partial charge in [-0.3, -0.25) is 0 Å². The van der Waals surface area contributed by atoms with Gasteiger partial charge in [0, 0.05) is 12.3 Å². The fraction of sp³-hybridized carbons (Fsp3) is 0.0833. The van der Waals surface area contributed by atoms with Crippen molar-refractivity contribution in [1.29, 1.82) is 5.41 Å². The molecule has 0 saturated carbocycles. The van der Waals surface area contributed by atoms with Gasteiger partial charge in [0.15, 0.2) is 5.75 Å². The molecule has 0 saturated heterocycles. The second kappa shape index (κ2) is 6.14. The average molecular weight is 335 g/mol. The highest BCUT2D eigenvalue weighted by atomic mass is 35.5. The molecule has 0 unspecified atom stereocenters. The molecule has 116 valence electrons. The summed E-state index contributed by atoms with van der Waals surface area (Å²) < 4.78 is 53.9. The third-order valence-electron chi connectivity index (χ3n) is 2.40. The van der Waals surface area contributed by atoms with E-state index in [0.29, 0.717) is 6.07 Å². The van der Waals surface area contributed by atoms with Gasteiger partial charge in [0.2, 0.25) is 0 Å². The normalized spacial score (nSPS) is 11.1. The molecule has 0 radical (unpaired) electrons. The monoisotopic (exact) mass is 334 g/mol. The molecule has 2 aromatic rings. The van der Waals surface area contributed by atoms with Gasteiger partial charge in [0.05, 0.1) is 11.3 Å². The number of hydrogen-bond donors (Lipinski definition) is 2. The molecule has 0 amide bonds. The Morgan fingerprint density at radius 3 is 2.64 bits per heavy atom. The number of nitrogens with zero attached hydrogens (tertiary/aromatic N) is 2. The maximum Gasteiger partial charge on any atom is 0.573 e. The van der Waals surface area contributed by atoms with Crippen LogP contribution in [-0.2, 0) is 0 Å². The van der Waals surface area contributed by atoms with E-state index >= 15 is 0 Å². The van der Waals surface area contributed by atoms with Gasteiger partial charge in [-0.1, -0.05) is 11.6 Å². The summed E-state index contributed by atoms with van der Waals surface area (Å²) in [4.78, 5) is 7.42. The number of rotatable bonds is 4. The van der Waals surface area contributed by atoms with E-state index in [2.05, 4.69) is 20.0 Å². The SMILES string of the molecule is N=Cc1c(Cl)ncnc1Nc1ccc(F)cc1OC(F)(F)F. The first kappa shape index (κ1) is 16.0. The van der Waals surface area contributed by atoms with Crippen LogP contribution in [-0.4, -0.2) is 22.5 Å². The number of nitrogens with one attached hydrogen (secondary N) is 2. The minimum atomic E-state index is -4.99. The Bertz CT molecular complexity index is 708. The van der Waals surface area contributed by atoms with Crippen LogP contribution in [0.25, 0.3) is 0 Å². The van der Waals surface area contributed by atoms with Gasteiger partial charge in [0.1, 0.15) is 23.1 Å². The van der Waals surface area contributed by atoms with Crippen LogP contribution in [0, 0.1) is 11.2 Å². The predicted octanol–water partition coefficient (Wildman–Crippen LogP) is 3.91. The maximum absolute atomic E-state index is 13.1. The van der Waals surface area contributed by atoms with Gasteiger partial charge in [-0.05, 0) is 12.1 Å². The van der Waals surface area contributed by atoms with Gasteiger partial charge < -0.3 is 15.5 Å². The number of benzene rings is 1. The van der Waals surface area contributed by atoms with Crippen molar-refractivity contribution in [2.24, 2.45) is 0 Å². The number of aromatic nitrogens is 2. The standard InChI is InChI=1S/C12H7ClF4N4O/c13-10-7(4-18)11(20-5-19-10)21-8-2-1-6(14)3-9(8)22-12(15,16)17/h1-5,18H,(H,19,20,21). The average Bonchev–Trinajstić information content (AvgIpc) is 2.40. The van der Waals surface area contributed by atoms with Crippen LogP contribution in [0.1, 0.15) is 5.56 Å². The summed E-state index contributed by atoms with van der Waals surface area (Å²) in [5, 5.41) is 9.66. The first-order valence-corrected chi connectivity index (χ1v) is 6.01. The summed E-state index contributed by atoms with van der Waals surface area (Å²) in [6.45, 7) is 0. The quantitative estimate of drug-likeness (QED) is 0.505. The first-order valence-electron chi connectivity index (χ1n) is 5.63. The second-order valence-electron chi connectivity index (χ2n) is 3.88. The fourth-order valence-electron chi connectivity index (χ4n) is 1.54. The molecule has 1 heterocycles. The lowest BCUT2D eigenvalue weighted by Crippen LogP contribution is -2.18. The van der Waals surface area contributed by atoms with E-state index in [4.69, 9.17) is 17.0 Å². The molecule has 0 spiro atoms. The van der Waals surface area contributed by atoms with E-state index in [-0.39, 0.29) is 22.2 Å². The largest absolute Gasteiger partial charge is 0.573 e. The third kappa shape index (κ3) is 3.82. The van der Waals surface area contributed by atoms with Crippen LogP contribution in [0.2, 0.25) is 5.15 Å². The number of ether oxygens (including phenoxy) is 1. The highest BCUT2D eigenvalue weighted by molar-refractivity contribution is 6.32. The van der Waals surface area contributed by atoms with Crippen molar-refractivity contribution >= 4 is 29.3 Å². The van der Waals surface area contributed by atoms with Gasteiger partial charge in [-0.15, -0.1) is 13.2 Å². The Hall–Kier alpha value is -2.42. The Balaban J connectivity index is 2.42.